The molecule has 2 N–H and O–H groups in total. The van der Waals surface area contributed by atoms with Gasteiger partial charge in [0.1, 0.15) is 11.8 Å². The van der Waals surface area contributed by atoms with E-state index in [-0.39, 0.29) is 12.1 Å². The number of hydrogen-bond donors (Lipinski definition) is 2. The normalized spacial score (nSPS) is 17.7. The number of nitrogens with one attached hydrogen (secondary N) is 2. The molecule has 0 amide bonds. The topological polar surface area (TPSA) is 87.5 Å². The molecule has 0 spiro atoms. The fraction of sp³-hybridized carbons (Fsp3) is 0.120. The Morgan fingerprint density at radius 3 is 2.47 bits per heavy atom. The average Bonchev–Trinajstić information content (AvgIpc) is 3.44. The van der Waals surface area contributed by atoms with Gasteiger partial charge in [0.2, 0.25) is 10.0 Å². The summed E-state index contributed by atoms with van der Waals surface area (Å²) >= 11 is 13.2. The Kier molecular flexibility index (Phi) is 6.94. The highest BCUT2D eigenvalue weighted by atomic mass is 35.5. The largest absolute Gasteiger partial charge is 0.452 e. The fourth-order valence-corrected chi connectivity index (χ4v) is 5.81. The van der Waals surface area contributed by atoms with E-state index in [9.17, 15) is 8.42 Å². The Morgan fingerprint density at radius 1 is 1.06 bits per heavy atom. The first-order valence-corrected chi connectivity index (χ1v) is 14.4. The van der Waals surface area contributed by atoms with Crippen molar-refractivity contribution in [3.05, 3.63) is 102 Å². The maximum atomic E-state index is 11.6. The Labute approximate surface area is 223 Å². The van der Waals surface area contributed by atoms with Crippen LogP contribution in [0.3, 0.4) is 0 Å². The van der Waals surface area contributed by atoms with E-state index in [2.05, 4.69) is 15.0 Å². The highest BCUT2D eigenvalue weighted by Gasteiger charge is 2.42. The molecule has 1 aliphatic heterocycles. The molecule has 1 aliphatic rings. The Morgan fingerprint density at radius 2 is 1.81 bits per heavy atom. The third kappa shape index (κ3) is 5.52. The number of halogens is 1. The lowest BCUT2D eigenvalue weighted by molar-refractivity contribution is 0.383. The molecular formula is C25H21ClN4O3S3. The molecule has 184 valence electrons. The van der Waals surface area contributed by atoms with Crippen LogP contribution in [0.4, 0.5) is 11.4 Å². The van der Waals surface area contributed by atoms with Crippen molar-refractivity contribution in [2.24, 2.45) is 0 Å². The Hall–Kier alpha value is -3.05. The van der Waals surface area contributed by atoms with Gasteiger partial charge in [-0.1, -0.05) is 29.4 Å². The molecule has 0 radical (unpaired) electrons. The first-order chi connectivity index (χ1) is 17.3. The Balaban J connectivity index is 1.49. The molecule has 0 aliphatic carbocycles. The molecule has 7 nitrogen and oxygen atoms in total. The molecule has 2 aromatic heterocycles. The molecule has 0 bridgehead atoms. The van der Waals surface area contributed by atoms with Crippen LogP contribution in [-0.4, -0.2) is 24.8 Å². The maximum absolute atomic E-state index is 11.6. The summed E-state index contributed by atoms with van der Waals surface area (Å²) in [6.07, 6.45) is 2.86. The van der Waals surface area contributed by atoms with Gasteiger partial charge >= 0.3 is 0 Å². The first-order valence-electron chi connectivity index (χ1n) is 10.9. The van der Waals surface area contributed by atoms with Crippen LogP contribution < -0.4 is 14.9 Å². The van der Waals surface area contributed by atoms with Crippen molar-refractivity contribution >= 4 is 62.1 Å². The summed E-state index contributed by atoms with van der Waals surface area (Å²) in [5.41, 5.74) is 2.08. The highest BCUT2D eigenvalue weighted by molar-refractivity contribution is 7.99. The molecule has 3 heterocycles. The quantitative estimate of drug-likeness (QED) is 0.267. The third-order valence-electron chi connectivity index (χ3n) is 5.47. The van der Waals surface area contributed by atoms with E-state index < -0.39 is 10.0 Å². The van der Waals surface area contributed by atoms with Crippen molar-refractivity contribution in [1.82, 2.24) is 10.3 Å². The van der Waals surface area contributed by atoms with Gasteiger partial charge in [-0.3, -0.25) is 9.71 Å². The summed E-state index contributed by atoms with van der Waals surface area (Å²) < 4.78 is 32.0. The number of hydrogen-bond acceptors (Lipinski definition) is 6. The van der Waals surface area contributed by atoms with Crippen LogP contribution in [0, 0.1) is 0 Å². The molecular weight excluding hydrogens is 536 g/mol. The summed E-state index contributed by atoms with van der Waals surface area (Å²) in [6.45, 7) is 0. The van der Waals surface area contributed by atoms with E-state index in [0.717, 1.165) is 27.6 Å². The fourth-order valence-electron chi connectivity index (χ4n) is 3.99. The van der Waals surface area contributed by atoms with E-state index in [4.69, 9.17) is 28.2 Å². The SMILES string of the molecule is CS(=O)(=O)Nc1ccc(N2C(=S)NC(c3ccccn3)C2c2ccc(Sc3ccc(Cl)cc3)o2)cc1. The van der Waals surface area contributed by atoms with Gasteiger partial charge in [-0.2, -0.15) is 0 Å². The predicted octanol–water partition coefficient (Wildman–Crippen LogP) is 6.03. The Bertz CT molecular complexity index is 1480. The molecule has 2 atom stereocenters. The van der Waals surface area contributed by atoms with Gasteiger partial charge in [0.05, 0.1) is 18.0 Å². The highest BCUT2D eigenvalue weighted by Crippen LogP contribution is 2.43. The van der Waals surface area contributed by atoms with E-state index in [1.807, 2.05) is 71.6 Å². The van der Waals surface area contributed by atoms with Crippen molar-refractivity contribution in [3.63, 3.8) is 0 Å². The van der Waals surface area contributed by atoms with Gasteiger partial charge < -0.3 is 14.6 Å². The van der Waals surface area contributed by atoms with Gasteiger partial charge in [0.25, 0.3) is 0 Å². The summed E-state index contributed by atoms with van der Waals surface area (Å²) in [5.74, 6) is 0.716. The number of sulfonamides is 1. The second-order valence-corrected chi connectivity index (χ2v) is 11.8. The van der Waals surface area contributed by atoms with E-state index in [1.165, 1.54) is 11.8 Å². The smallest absolute Gasteiger partial charge is 0.229 e. The summed E-state index contributed by atoms with van der Waals surface area (Å²) in [7, 11) is -3.38. The van der Waals surface area contributed by atoms with Crippen molar-refractivity contribution in [1.29, 1.82) is 0 Å². The predicted molar refractivity (Wildman–Crippen MR) is 147 cm³/mol. The van der Waals surface area contributed by atoms with Gasteiger partial charge in [-0.25, -0.2) is 8.42 Å². The minimum absolute atomic E-state index is 0.257. The van der Waals surface area contributed by atoms with Crippen LogP contribution in [0.5, 0.6) is 0 Å². The second-order valence-electron chi connectivity index (χ2n) is 8.13. The van der Waals surface area contributed by atoms with Crippen LogP contribution in [-0.2, 0) is 10.0 Å². The zero-order valence-electron chi connectivity index (χ0n) is 19.0. The average molecular weight is 557 g/mol. The molecule has 11 heteroatoms. The molecule has 1 fully saturated rings. The molecule has 0 saturated carbocycles. The minimum atomic E-state index is -3.38. The number of thiocarbonyl (C=S) groups is 1. The molecule has 5 rings (SSSR count). The first kappa shape index (κ1) is 24.6. The van der Waals surface area contributed by atoms with Crippen molar-refractivity contribution in [2.45, 2.75) is 22.1 Å². The lowest BCUT2D eigenvalue weighted by Gasteiger charge is -2.26. The lowest BCUT2D eigenvalue weighted by Crippen LogP contribution is -2.29. The number of rotatable bonds is 7. The summed E-state index contributed by atoms with van der Waals surface area (Å²) in [4.78, 5) is 7.53. The maximum Gasteiger partial charge on any atom is 0.229 e. The third-order valence-corrected chi connectivity index (χ3v) is 7.57. The monoisotopic (exact) mass is 556 g/mol. The lowest BCUT2D eigenvalue weighted by atomic mass is 10.0. The van der Waals surface area contributed by atoms with E-state index in [0.29, 0.717) is 21.6 Å². The molecule has 2 aromatic carbocycles. The zero-order chi connectivity index (χ0) is 25.3. The van der Waals surface area contributed by atoms with Crippen LogP contribution >= 0.6 is 35.6 Å². The number of nitrogens with zero attached hydrogens (tertiary/aromatic N) is 2. The molecule has 36 heavy (non-hydrogen) atoms. The van der Waals surface area contributed by atoms with Gasteiger partial charge in [-0.15, -0.1) is 0 Å². The van der Waals surface area contributed by atoms with Crippen LogP contribution in [0.25, 0.3) is 0 Å². The minimum Gasteiger partial charge on any atom is -0.452 e. The van der Waals surface area contributed by atoms with Crippen molar-refractivity contribution < 1.29 is 12.8 Å². The van der Waals surface area contributed by atoms with Gasteiger partial charge in [0.15, 0.2) is 10.2 Å². The van der Waals surface area contributed by atoms with Crippen molar-refractivity contribution in [3.8, 4) is 0 Å². The molecule has 1 saturated heterocycles. The number of furan rings is 1. The molecule has 4 aromatic rings. The standard InChI is InChI=1S/C25H21ClN4O3S3/c1-36(31,32)29-17-7-9-18(10-8-17)30-24(23(28-25(30)34)20-4-2-3-15-27-20)21-13-14-22(33-21)35-19-11-5-16(26)6-12-19/h2-15,23-24,29H,1H3,(H,28,34). The zero-order valence-corrected chi connectivity index (χ0v) is 22.2. The number of pyridine rings is 1. The van der Waals surface area contributed by atoms with E-state index >= 15 is 0 Å². The summed E-state index contributed by atoms with van der Waals surface area (Å²) in [5, 5.41) is 5.31. The second kappa shape index (κ2) is 10.1. The molecule has 2 unspecified atom stereocenters. The number of anilines is 2. The number of aromatic nitrogens is 1. The van der Waals surface area contributed by atoms with Crippen LogP contribution in [0.15, 0.2) is 99.5 Å². The van der Waals surface area contributed by atoms with Gasteiger partial charge in [0, 0.05) is 27.5 Å². The van der Waals surface area contributed by atoms with Crippen LogP contribution in [0.2, 0.25) is 5.02 Å². The summed E-state index contributed by atoms with van der Waals surface area (Å²) in [6, 6.07) is 23.7. The van der Waals surface area contributed by atoms with E-state index in [1.54, 1.807) is 18.3 Å². The van der Waals surface area contributed by atoms with Gasteiger partial charge in [-0.05, 0) is 85.0 Å². The van der Waals surface area contributed by atoms with Crippen LogP contribution in [0.1, 0.15) is 23.5 Å². The number of benzene rings is 2. The van der Waals surface area contributed by atoms with Crippen molar-refractivity contribution in [2.75, 3.05) is 15.9 Å².